The van der Waals surface area contributed by atoms with Crippen LogP contribution >= 0.6 is 11.8 Å². The highest BCUT2D eigenvalue weighted by Gasteiger charge is 2.16. The number of nitrogens with one attached hydrogen (secondary N) is 2. The summed E-state index contributed by atoms with van der Waals surface area (Å²) < 4.78 is 5.69. The van der Waals surface area contributed by atoms with Gasteiger partial charge in [0.2, 0.25) is 11.8 Å². The second-order valence-corrected chi connectivity index (χ2v) is 8.28. The van der Waals surface area contributed by atoms with Gasteiger partial charge in [0, 0.05) is 29.7 Å². The summed E-state index contributed by atoms with van der Waals surface area (Å²) in [5.41, 5.74) is 4.10. The summed E-state index contributed by atoms with van der Waals surface area (Å²) >= 11 is 1.24. The molecule has 4 rings (SSSR count). The number of hydrogen-bond acceptors (Lipinski definition) is 5. The fourth-order valence-corrected chi connectivity index (χ4v) is 4.12. The first kappa shape index (κ1) is 19.7. The monoisotopic (exact) mass is 409 g/mol. The normalized spacial score (nSPS) is 14.2. The van der Waals surface area contributed by atoms with E-state index in [4.69, 9.17) is 4.42 Å². The van der Waals surface area contributed by atoms with Gasteiger partial charge in [-0.25, -0.2) is 0 Å². The first-order chi connectivity index (χ1) is 14.2. The van der Waals surface area contributed by atoms with Crippen LogP contribution in [0.15, 0.2) is 58.2 Å². The lowest BCUT2D eigenvalue weighted by molar-refractivity contribution is -0.901. The number of anilines is 1. The zero-order valence-corrected chi connectivity index (χ0v) is 17.3. The van der Waals surface area contributed by atoms with Crippen molar-refractivity contribution in [2.45, 2.75) is 31.5 Å². The van der Waals surface area contributed by atoms with Gasteiger partial charge in [-0.15, -0.1) is 10.2 Å². The number of thioether (sulfide) groups is 1. The molecule has 150 valence electrons. The minimum Gasteiger partial charge on any atom is -0.411 e. The Balaban J connectivity index is 1.27. The average Bonchev–Trinajstić information content (AvgIpc) is 3.40. The molecule has 7 heteroatoms. The summed E-state index contributed by atoms with van der Waals surface area (Å²) in [6, 6.07) is 16.0. The van der Waals surface area contributed by atoms with Crippen molar-refractivity contribution in [3.63, 3.8) is 0 Å². The highest BCUT2D eigenvalue weighted by atomic mass is 32.2. The van der Waals surface area contributed by atoms with Crippen molar-refractivity contribution >= 4 is 23.4 Å². The minimum absolute atomic E-state index is 0.0939. The van der Waals surface area contributed by atoms with E-state index in [0.29, 0.717) is 11.1 Å². The Morgan fingerprint density at radius 1 is 1.10 bits per heavy atom. The number of likely N-dealkylation sites (tertiary alicyclic amines) is 1. The van der Waals surface area contributed by atoms with Gasteiger partial charge < -0.3 is 14.6 Å². The van der Waals surface area contributed by atoms with Crippen molar-refractivity contribution < 1.29 is 14.1 Å². The average molecular weight is 410 g/mol. The molecular formula is C22H25N4O2S+. The van der Waals surface area contributed by atoms with Crippen LogP contribution in [0.2, 0.25) is 0 Å². The van der Waals surface area contributed by atoms with Gasteiger partial charge in [-0.05, 0) is 30.7 Å². The number of rotatable bonds is 7. The second-order valence-electron chi connectivity index (χ2n) is 7.36. The maximum atomic E-state index is 12.3. The van der Waals surface area contributed by atoms with E-state index < -0.39 is 0 Å². The van der Waals surface area contributed by atoms with E-state index in [2.05, 4.69) is 27.6 Å². The molecule has 1 saturated heterocycles. The van der Waals surface area contributed by atoms with E-state index in [1.807, 2.05) is 43.3 Å². The predicted octanol–water partition coefficient (Wildman–Crippen LogP) is 2.95. The van der Waals surface area contributed by atoms with Gasteiger partial charge >= 0.3 is 0 Å². The van der Waals surface area contributed by atoms with Crippen molar-refractivity contribution in [2.24, 2.45) is 0 Å². The number of nitrogens with zero attached hydrogens (tertiary/aromatic N) is 2. The van der Waals surface area contributed by atoms with Gasteiger partial charge in [0.25, 0.3) is 5.22 Å². The molecule has 2 heterocycles. The maximum absolute atomic E-state index is 12.3. The van der Waals surface area contributed by atoms with Gasteiger partial charge in [0.1, 0.15) is 6.54 Å². The van der Waals surface area contributed by atoms with Crippen LogP contribution in [0.4, 0.5) is 5.69 Å². The molecule has 1 amide bonds. The molecule has 0 atom stereocenters. The molecule has 1 fully saturated rings. The molecule has 6 nitrogen and oxygen atoms in total. The number of quaternary nitrogens is 1. The van der Waals surface area contributed by atoms with Crippen LogP contribution in [0.1, 0.15) is 24.0 Å². The third-order valence-electron chi connectivity index (χ3n) is 5.11. The van der Waals surface area contributed by atoms with E-state index in [9.17, 15) is 4.79 Å². The lowest BCUT2D eigenvalue weighted by Gasteiger charge is -2.12. The molecule has 3 aromatic rings. The Kier molecular flexibility index (Phi) is 6.27. The zero-order valence-electron chi connectivity index (χ0n) is 16.5. The van der Waals surface area contributed by atoms with E-state index in [0.717, 1.165) is 23.4 Å². The molecule has 0 radical (unpaired) electrons. The largest absolute Gasteiger partial charge is 0.411 e. The van der Waals surface area contributed by atoms with E-state index >= 15 is 0 Å². The fourth-order valence-electron chi connectivity index (χ4n) is 3.56. The summed E-state index contributed by atoms with van der Waals surface area (Å²) in [7, 11) is 0. The molecule has 0 bridgehead atoms. The minimum atomic E-state index is -0.0939. The van der Waals surface area contributed by atoms with Gasteiger partial charge in [-0.3, -0.25) is 4.79 Å². The molecule has 29 heavy (non-hydrogen) atoms. The highest BCUT2D eigenvalue weighted by Crippen LogP contribution is 2.25. The lowest BCUT2D eigenvalue weighted by atomic mass is 10.1. The van der Waals surface area contributed by atoms with Crippen LogP contribution in [-0.2, 0) is 11.3 Å². The molecule has 1 aromatic heterocycles. The Bertz CT molecular complexity index is 965. The van der Waals surface area contributed by atoms with Crippen molar-refractivity contribution in [1.82, 2.24) is 10.2 Å². The number of carbonyl (C=O) groups excluding carboxylic acids is 1. The first-order valence-corrected chi connectivity index (χ1v) is 10.9. The molecular weight excluding hydrogens is 384 g/mol. The number of aryl methyl sites for hydroxylation is 1. The molecule has 2 N–H and O–H groups in total. The third kappa shape index (κ3) is 5.25. The van der Waals surface area contributed by atoms with Crippen molar-refractivity contribution in [3.05, 3.63) is 59.7 Å². The van der Waals surface area contributed by atoms with Crippen LogP contribution in [-0.4, -0.2) is 34.9 Å². The topological polar surface area (TPSA) is 72.5 Å². The Labute approximate surface area is 174 Å². The van der Waals surface area contributed by atoms with Gasteiger partial charge in [0.05, 0.1) is 18.8 Å². The van der Waals surface area contributed by atoms with Crippen molar-refractivity contribution in [2.75, 3.05) is 24.2 Å². The van der Waals surface area contributed by atoms with Crippen LogP contribution in [0.25, 0.3) is 11.5 Å². The van der Waals surface area contributed by atoms with E-state index in [-0.39, 0.29) is 11.7 Å². The SMILES string of the molecule is Cc1ccccc1-c1nnc(SCC(=O)Nc2ccc(C[NH+]3CCCC3)cc2)o1. The molecule has 0 saturated carbocycles. The second kappa shape index (κ2) is 9.24. The predicted molar refractivity (Wildman–Crippen MR) is 114 cm³/mol. The summed E-state index contributed by atoms with van der Waals surface area (Å²) in [6.45, 7) is 5.58. The molecule has 1 aliphatic rings. The first-order valence-electron chi connectivity index (χ1n) is 9.92. The van der Waals surface area contributed by atoms with Crippen LogP contribution in [0.3, 0.4) is 0 Å². The van der Waals surface area contributed by atoms with E-state index in [1.165, 1.54) is 43.3 Å². The molecule has 2 aromatic carbocycles. The standard InChI is InChI=1S/C22H24N4O2S/c1-16-6-2-3-7-19(16)21-24-25-22(28-21)29-15-20(27)23-18-10-8-17(9-11-18)14-26-12-4-5-13-26/h2-3,6-11H,4-5,12-15H2,1H3,(H,23,27)/p+1. The van der Waals surface area contributed by atoms with Gasteiger partial charge in [-0.1, -0.05) is 42.1 Å². The molecule has 0 spiro atoms. The highest BCUT2D eigenvalue weighted by molar-refractivity contribution is 7.99. The summed E-state index contributed by atoms with van der Waals surface area (Å²) in [4.78, 5) is 13.9. The van der Waals surface area contributed by atoms with Crippen molar-refractivity contribution in [1.29, 1.82) is 0 Å². The van der Waals surface area contributed by atoms with Crippen LogP contribution in [0.5, 0.6) is 0 Å². The summed E-state index contributed by atoms with van der Waals surface area (Å²) in [6.07, 6.45) is 2.65. The Morgan fingerprint density at radius 3 is 2.62 bits per heavy atom. The number of carbonyl (C=O) groups is 1. The van der Waals surface area contributed by atoms with Crippen molar-refractivity contribution in [3.8, 4) is 11.5 Å². The number of aromatic nitrogens is 2. The third-order valence-corrected chi connectivity index (χ3v) is 5.93. The van der Waals surface area contributed by atoms with E-state index in [1.54, 1.807) is 4.90 Å². The quantitative estimate of drug-likeness (QED) is 0.587. The van der Waals surface area contributed by atoms with Crippen LogP contribution < -0.4 is 10.2 Å². The number of amides is 1. The van der Waals surface area contributed by atoms with Crippen LogP contribution in [0, 0.1) is 6.92 Å². The number of benzene rings is 2. The molecule has 1 aliphatic heterocycles. The zero-order chi connectivity index (χ0) is 20.1. The smallest absolute Gasteiger partial charge is 0.277 e. The maximum Gasteiger partial charge on any atom is 0.277 e. The fraction of sp³-hybridized carbons (Fsp3) is 0.318. The summed E-state index contributed by atoms with van der Waals surface area (Å²) in [5, 5.41) is 11.4. The molecule has 0 unspecified atom stereocenters. The Morgan fingerprint density at radius 2 is 1.86 bits per heavy atom. The molecule has 0 aliphatic carbocycles. The summed E-state index contributed by atoms with van der Waals surface area (Å²) in [5.74, 6) is 0.597. The lowest BCUT2D eigenvalue weighted by Crippen LogP contribution is -3.08. The number of hydrogen-bond donors (Lipinski definition) is 2. The van der Waals surface area contributed by atoms with Gasteiger partial charge in [0.15, 0.2) is 0 Å². The Hall–Kier alpha value is -2.64. The van der Waals surface area contributed by atoms with Gasteiger partial charge in [-0.2, -0.15) is 0 Å².